The minimum absolute atomic E-state index is 0.0144. The van der Waals surface area contributed by atoms with E-state index >= 15 is 0 Å². The van der Waals surface area contributed by atoms with Gasteiger partial charge in [0.1, 0.15) is 11.9 Å². The fourth-order valence-electron chi connectivity index (χ4n) is 4.46. The van der Waals surface area contributed by atoms with Crippen LogP contribution in [0.1, 0.15) is 24.8 Å². The van der Waals surface area contributed by atoms with Gasteiger partial charge in [-0.3, -0.25) is 9.59 Å². The summed E-state index contributed by atoms with van der Waals surface area (Å²) in [5.74, 6) is -0.213. The van der Waals surface area contributed by atoms with Crippen LogP contribution in [0.4, 0.5) is 10.1 Å². The van der Waals surface area contributed by atoms with Gasteiger partial charge in [-0.25, -0.2) is 4.39 Å². The molecule has 2 N–H and O–H groups in total. The largest absolute Gasteiger partial charge is 0.371 e. The molecule has 0 aromatic heterocycles. The van der Waals surface area contributed by atoms with Gasteiger partial charge in [0.05, 0.1) is 6.54 Å². The van der Waals surface area contributed by atoms with E-state index in [1.807, 2.05) is 13.0 Å². The molecule has 3 aliphatic rings. The Morgan fingerprint density at radius 1 is 1.19 bits per heavy atom. The molecule has 7 heteroatoms. The maximum Gasteiger partial charge on any atom is 0.243 e. The summed E-state index contributed by atoms with van der Waals surface area (Å²) in [7, 11) is 0. The molecule has 0 aliphatic carbocycles. The molecule has 3 saturated heterocycles. The molecule has 0 spiro atoms. The van der Waals surface area contributed by atoms with Gasteiger partial charge >= 0.3 is 0 Å². The van der Waals surface area contributed by atoms with Crippen LogP contribution in [0.3, 0.4) is 0 Å². The first-order valence-corrected chi connectivity index (χ1v) is 9.35. The van der Waals surface area contributed by atoms with Crippen molar-refractivity contribution in [1.29, 1.82) is 0 Å². The number of carbonyl (C=O) groups excluding carboxylic acids is 2. The number of rotatable bonds is 3. The maximum atomic E-state index is 13.3. The van der Waals surface area contributed by atoms with E-state index in [2.05, 4.69) is 15.5 Å². The molecule has 3 heterocycles. The van der Waals surface area contributed by atoms with Crippen LogP contribution in [0.5, 0.6) is 0 Å². The van der Waals surface area contributed by atoms with Gasteiger partial charge < -0.3 is 20.4 Å². The van der Waals surface area contributed by atoms with Crippen molar-refractivity contribution in [2.75, 3.05) is 31.1 Å². The lowest BCUT2D eigenvalue weighted by Gasteiger charge is -2.36. The van der Waals surface area contributed by atoms with Crippen LogP contribution < -0.4 is 15.5 Å². The molecule has 4 rings (SSSR count). The maximum absolute atomic E-state index is 13.3. The third kappa shape index (κ3) is 3.28. The van der Waals surface area contributed by atoms with Crippen molar-refractivity contribution in [3.8, 4) is 0 Å². The standard InChI is InChI=1S/C19H25FN4O2/c1-12-8-13(20)2-3-16(12)23-6-4-14(5-7-23)22-15-9-17-19(26)21-10-18(25)24(17)11-15/h2-3,8,14-15,17,22H,4-7,9-11H2,1H3,(H,21,26)/t15-,17-/m0/s1. The number of piperidine rings is 1. The second-order valence-electron chi connectivity index (χ2n) is 7.57. The van der Waals surface area contributed by atoms with Gasteiger partial charge in [-0.15, -0.1) is 0 Å². The molecule has 1 aromatic rings. The zero-order valence-electron chi connectivity index (χ0n) is 15.0. The van der Waals surface area contributed by atoms with Crippen molar-refractivity contribution >= 4 is 17.5 Å². The molecular weight excluding hydrogens is 335 g/mol. The van der Waals surface area contributed by atoms with Crippen LogP contribution in [0.2, 0.25) is 0 Å². The molecule has 0 saturated carbocycles. The lowest BCUT2D eigenvalue weighted by molar-refractivity contribution is -0.143. The van der Waals surface area contributed by atoms with E-state index < -0.39 is 0 Å². The van der Waals surface area contributed by atoms with Gasteiger partial charge in [0.25, 0.3) is 0 Å². The van der Waals surface area contributed by atoms with Gasteiger partial charge in [0, 0.05) is 37.4 Å². The third-order valence-electron chi connectivity index (χ3n) is 5.80. The number of halogens is 1. The molecule has 6 nitrogen and oxygen atoms in total. The average molecular weight is 360 g/mol. The molecule has 3 fully saturated rings. The summed E-state index contributed by atoms with van der Waals surface area (Å²) in [6, 6.07) is 5.21. The number of piperazine rings is 1. The summed E-state index contributed by atoms with van der Waals surface area (Å²) in [6.07, 6.45) is 2.69. The fourth-order valence-corrected chi connectivity index (χ4v) is 4.46. The lowest BCUT2D eigenvalue weighted by Crippen LogP contribution is -2.55. The quantitative estimate of drug-likeness (QED) is 0.837. The molecular formula is C19H25FN4O2. The van der Waals surface area contributed by atoms with Crippen molar-refractivity contribution in [2.24, 2.45) is 0 Å². The second kappa shape index (κ2) is 6.87. The lowest BCUT2D eigenvalue weighted by atomic mass is 10.0. The molecule has 2 atom stereocenters. The third-order valence-corrected chi connectivity index (χ3v) is 5.80. The van der Waals surface area contributed by atoms with E-state index in [1.165, 1.54) is 6.07 Å². The molecule has 2 amide bonds. The second-order valence-corrected chi connectivity index (χ2v) is 7.57. The molecule has 0 bridgehead atoms. The number of amides is 2. The predicted octanol–water partition coefficient (Wildman–Crippen LogP) is 0.792. The first-order valence-electron chi connectivity index (χ1n) is 9.35. The number of fused-ring (bicyclic) bond motifs is 1. The van der Waals surface area contributed by atoms with Crippen molar-refractivity contribution in [3.63, 3.8) is 0 Å². The molecule has 1 aromatic carbocycles. The molecule has 0 radical (unpaired) electrons. The van der Waals surface area contributed by atoms with E-state index in [0.717, 1.165) is 37.2 Å². The van der Waals surface area contributed by atoms with Gasteiger partial charge in [-0.05, 0) is 49.9 Å². The zero-order valence-corrected chi connectivity index (χ0v) is 15.0. The molecule has 26 heavy (non-hydrogen) atoms. The van der Waals surface area contributed by atoms with Crippen LogP contribution in [0, 0.1) is 12.7 Å². The Morgan fingerprint density at radius 3 is 2.65 bits per heavy atom. The van der Waals surface area contributed by atoms with Gasteiger partial charge in [-0.1, -0.05) is 0 Å². The Bertz CT molecular complexity index is 693. The van der Waals surface area contributed by atoms with Gasteiger partial charge in [0.15, 0.2) is 0 Å². The fraction of sp³-hybridized carbons (Fsp3) is 0.579. The summed E-state index contributed by atoms with van der Waals surface area (Å²) in [5.41, 5.74) is 2.07. The predicted molar refractivity (Wildman–Crippen MR) is 96.4 cm³/mol. The van der Waals surface area contributed by atoms with E-state index in [-0.39, 0.29) is 36.3 Å². The molecule has 3 aliphatic heterocycles. The van der Waals surface area contributed by atoms with Crippen molar-refractivity contribution in [3.05, 3.63) is 29.6 Å². The van der Waals surface area contributed by atoms with Gasteiger partial charge in [0.2, 0.25) is 11.8 Å². The highest BCUT2D eigenvalue weighted by atomic mass is 19.1. The molecule has 0 unspecified atom stereocenters. The summed E-state index contributed by atoms with van der Waals surface area (Å²) in [4.78, 5) is 27.9. The Kier molecular flexibility index (Phi) is 4.56. The normalized spacial score (nSPS) is 26.8. The highest BCUT2D eigenvalue weighted by Crippen LogP contribution is 2.26. The topological polar surface area (TPSA) is 64.7 Å². The summed E-state index contributed by atoms with van der Waals surface area (Å²) >= 11 is 0. The van der Waals surface area contributed by atoms with Crippen LogP contribution >= 0.6 is 0 Å². The van der Waals surface area contributed by atoms with E-state index in [4.69, 9.17) is 0 Å². The first kappa shape index (κ1) is 17.3. The Morgan fingerprint density at radius 2 is 1.96 bits per heavy atom. The van der Waals surface area contributed by atoms with E-state index in [1.54, 1.807) is 11.0 Å². The number of benzene rings is 1. The van der Waals surface area contributed by atoms with Crippen LogP contribution in [0.25, 0.3) is 0 Å². The van der Waals surface area contributed by atoms with Crippen molar-refractivity contribution in [1.82, 2.24) is 15.5 Å². The monoisotopic (exact) mass is 360 g/mol. The highest BCUT2D eigenvalue weighted by molar-refractivity contribution is 5.95. The summed E-state index contributed by atoms with van der Waals surface area (Å²) in [5, 5.41) is 6.32. The zero-order chi connectivity index (χ0) is 18.3. The number of hydrogen-bond donors (Lipinski definition) is 2. The Hall–Kier alpha value is -2.15. The summed E-state index contributed by atoms with van der Waals surface area (Å²) < 4.78 is 13.3. The summed E-state index contributed by atoms with van der Waals surface area (Å²) in [6.45, 7) is 4.53. The minimum atomic E-state index is -0.310. The van der Waals surface area contributed by atoms with Crippen molar-refractivity contribution < 1.29 is 14.0 Å². The number of nitrogens with one attached hydrogen (secondary N) is 2. The van der Waals surface area contributed by atoms with Crippen molar-refractivity contribution in [2.45, 2.75) is 44.3 Å². The van der Waals surface area contributed by atoms with E-state index in [0.29, 0.717) is 19.0 Å². The first-order chi connectivity index (χ1) is 12.5. The Balaban J connectivity index is 1.32. The van der Waals surface area contributed by atoms with Crippen LogP contribution in [-0.4, -0.2) is 61.0 Å². The number of nitrogens with zero attached hydrogens (tertiary/aromatic N) is 2. The highest BCUT2D eigenvalue weighted by Gasteiger charge is 2.42. The number of carbonyl (C=O) groups is 2. The van der Waals surface area contributed by atoms with Crippen LogP contribution in [0.15, 0.2) is 18.2 Å². The number of anilines is 1. The SMILES string of the molecule is Cc1cc(F)ccc1N1CCC(N[C@H]2C[C@H]3C(=O)NCC(=O)N3C2)CC1. The van der Waals surface area contributed by atoms with Gasteiger partial charge in [-0.2, -0.15) is 0 Å². The Labute approximate surface area is 152 Å². The smallest absolute Gasteiger partial charge is 0.243 e. The number of aryl methyl sites for hydroxylation is 1. The average Bonchev–Trinajstić information content (AvgIpc) is 3.04. The number of hydrogen-bond acceptors (Lipinski definition) is 4. The van der Waals surface area contributed by atoms with E-state index in [9.17, 15) is 14.0 Å². The molecule has 140 valence electrons. The van der Waals surface area contributed by atoms with Crippen LogP contribution in [-0.2, 0) is 9.59 Å². The minimum Gasteiger partial charge on any atom is -0.371 e.